The Balaban J connectivity index is 1.72. The molecule has 1 aromatic carbocycles. The molecule has 0 atom stereocenters. The van der Waals surface area contributed by atoms with Gasteiger partial charge in [0, 0.05) is 16.2 Å². The molecule has 0 amide bonds. The van der Waals surface area contributed by atoms with Gasteiger partial charge in [-0.2, -0.15) is 0 Å². The molecule has 0 fully saturated rings. The standard InChI is InChI=1S/C16H13N3O4S2/c1-23-10-4-2-9(3-5-10)13-14(20)17-16(19-18-13)24-8-11-6-7-12(25-11)15(21)22/h2-7H,8H2,1H3,(H,21,22)(H,17,19,20). The first-order chi connectivity index (χ1) is 12.1. The summed E-state index contributed by atoms with van der Waals surface area (Å²) in [7, 11) is 1.57. The van der Waals surface area contributed by atoms with Crippen LogP contribution in [0.1, 0.15) is 14.5 Å². The van der Waals surface area contributed by atoms with Gasteiger partial charge in [-0.1, -0.05) is 11.8 Å². The fraction of sp³-hybridized carbons (Fsp3) is 0.125. The van der Waals surface area contributed by atoms with E-state index in [4.69, 9.17) is 9.84 Å². The number of carbonyl (C=O) groups is 1. The molecule has 9 heteroatoms. The van der Waals surface area contributed by atoms with Crippen LogP contribution >= 0.6 is 23.1 Å². The van der Waals surface area contributed by atoms with Crippen LogP contribution in [0.2, 0.25) is 0 Å². The van der Waals surface area contributed by atoms with E-state index in [1.807, 2.05) is 0 Å². The minimum atomic E-state index is -0.946. The zero-order valence-corrected chi connectivity index (χ0v) is 14.7. The number of benzene rings is 1. The molecule has 25 heavy (non-hydrogen) atoms. The summed E-state index contributed by atoms with van der Waals surface area (Å²) in [6.07, 6.45) is 0. The van der Waals surface area contributed by atoms with Crippen LogP contribution in [-0.2, 0) is 5.75 Å². The first kappa shape index (κ1) is 17.2. The maximum Gasteiger partial charge on any atom is 0.345 e. The number of nitrogens with one attached hydrogen (secondary N) is 1. The summed E-state index contributed by atoms with van der Waals surface area (Å²) in [5, 5.41) is 17.3. The molecule has 7 nitrogen and oxygen atoms in total. The van der Waals surface area contributed by atoms with E-state index in [1.54, 1.807) is 43.5 Å². The van der Waals surface area contributed by atoms with Crippen molar-refractivity contribution in [3.63, 3.8) is 0 Å². The molecule has 2 heterocycles. The molecule has 3 aromatic rings. The number of carboxylic acid groups (broad SMARTS) is 1. The number of aromatic carboxylic acids is 1. The molecular weight excluding hydrogens is 362 g/mol. The van der Waals surface area contributed by atoms with Crippen LogP contribution in [0, 0.1) is 0 Å². The molecule has 0 unspecified atom stereocenters. The van der Waals surface area contributed by atoms with Crippen LogP contribution in [0.25, 0.3) is 11.3 Å². The summed E-state index contributed by atoms with van der Waals surface area (Å²) >= 11 is 2.49. The summed E-state index contributed by atoms with van der Waals surface area (Å²) in [6, 6.07) is 10.3. The number of nitrogens with zero attached hydrogens (tertiary/aromatic N) is 2. The predicted molar refractivity (Wildman–Crippen MR) is 95.5 cm³/mol. The van der Waals surface area contributed by atoms with Gasteiger partial charge < -0.3 is 9.84 Å². The van der Waals surface area contributed by atoms with Crippen LogP contribution in [0.15, 0.2) is 46.3 Å². The normalized spacial score (nSPS) is 10.6. The van der Waals surface area contributed by atoms with Gasteiger partial charge in [0.15, 0.2) is 10.9 Å². The topological polar surface area (TPSA) is 105 Å². The SMILES string of the molecule is COc1ccc(-c2nnc(SCc3ccc(C(=O)O)s3)[nH]c2=O)cc1. The zero-order chi connectivity index (χ0) is 17.8. The Morgan fingerprint density at radius 2 is 2.00 bits per heavy atom. The van der Waals surface area contributed by atoms with E-state index in [0.29, 0.717) is 22.2 Å². The fourth-order valence-electron chi connectivity index (χ4n) is 2.03. The van der Waals surface area contributed by atoms with E-state index in [2.05, 4.69) is 15.2 Å². The van der Waals surface area contributed by atoms with Crippen LogP contribution in [-0.4, -0.2) is 33.4 Å². The first-order valence-corrected chi connectivity index (χ1v) is 8.93. The van der Waals surface area contributed by atoms with E-state index in [9.17, 15) is 9.59 Å². The van der Waals surface area contributed by atoms with Crippen molar-refractivity contribution in [2.75, 3.05) is 7.11 Å². The highest BCUT2D eigenvalue weighted by atomic mass is 32.2. The van der Waals surface area contributed by atoms with Gasteiger partial charge in [-0.3, -0.25) is 9.78 Å². The van der Waals surface area contributed by atoms with Crippen molar-refractivity contribution >= 4 is 29.1 Å². The maximum absolute atomic E-state index is 12.2. The number of H-pyrrole nitrogens is 1. The van der Waals surface area contributed by atoms with E-state index in [1.165, 1.54) is 23.1 Å². The average molecular weight is 375 g/mol. The molecule has 128 valence electrons. The predicted octanol–water partition coefficient (Wildman–Crippen LogP) is 2.89. The van der Waals surface area contributed by atoms with Gasteiger partial charge in [-0.25, -0.2) is 4.79 Å². The number of ether oxygens (including phenoxy) is 1. The number of methoxy groups -OCH3 is 1. The monoisotopic (exact) mass is 375 g/mol. The molecule has 2 N–H and O–H groups in total. The minimum Gasteiger partial charge on any atom is -0.497 e. The van der Waals surface area contributed by atoms with Crippen LogP contribution < -0.4 is 10.3 Å². The van der Waals surface area contributed by atoms with Crippen LogP contribution in [0.3, 0.4) is 0 Å². The van der Waals surface area contributed by atoms with Crippen molar-refractivity contribution in [2.24, 2.45) is 0 Å². The van der Waals surface area contributed by atoms with E-state index in [0.717, 1.165) is 4.88 Å². The molecule has 0 radical (unpaired) electrons. The van der Waals surface area contributed by atoms with Gasteiger partial charge in [0.25, 0.3) is 5.56 Å². The van der Waals surface area contributed by atoms with Crippen molar-refractivity contribution in [1.29, 1.82) is 0 Å². The Hall–Kier alpha value is -2.65. The van der Waals surface area contributed by atoms with Crippen molar-refractivity contribution in [2.45, 2.75) is 10.9 Å². The summed E-state index contributed by atoms with van der Waals surface area (Å²) in [5.41, 5.74) is 0.548. The Labute approximate surface area is 150 Å². The quantitative estimate of drug-likeness (QED) is 0.638. The summed E-state index contributed by atoms with van der Waals surface area (Å²) in [6.45, 7) is 0. The molecule has 3 rings (SSSR count). The second-order valence-corrected chi connectivity index (χ2v) is 7.03. The highest BCUT2D eigenvalue weighted by Gasteiger charge is 2.10. The first-order valence-electron chi connectivity index (χ1n) is 7.13. The van der Waals surface area contributed by atoms with Gasteiger partial charge in [0.2, 0.25) is 0 Å². The van der Waals surface area contributed by atoms with Crippen molar-refractivity contribution in [1.82, 2.24) is 15.2 Å². The van der Waals surface area contributed by atoms with E-state index >= 15 is 0 Å². The van der Waals surface area contributed by atoms with Gasteiger partial charge in [0.1, 0.15) is 10.6 Å². The van der Waals surface area contributed by atoms with Crippen molar-refractivity contribution < 1.29 is 14.6 Å². The number of hydrogen-bond donors (Lipinski definition) is 2. The number of carboxylic acids is 1. The molecule has 0 bridgehead atoms. The van der Waals surface area contributed by atoms with Crippen LogP contribution in [0.5, 0.6) is 5.75 Å². The summed E-state index contributed by atoms with van der Waals surface area (Å²) in [4.78, 5) is 26.9. The van der Waals surface area contributed by atoms with Gasteiger partial charge in [0.05, 0.1) is 7.11 Å². The highest BCUT2D eigenvalue weighted by molar-refractivity contribution is 7.98. The Morgan fingerprint density at radius 1 is 1.24 bits per heavy atom. The lowest BCUT2D eigenvalue weighted by Gasteiger charge is -2.03. The smallest absolute Gasteiger partial charge is 0.345 e. The number of aromatic amines is 1. The Bertz CT molecular complexity index is 951. The van der Waals surface area contributed by atoms with Crippen molar-refractivity contribution in [3.8, 4) is 17.0 Å². The molecule has 2 aromatic heterocycles. The number of thioether (sulfide) groups is 1. The third-order valence-electron chi connectivity index (χ3n) is 3.26. The maximum atomic E-state index is 12.2. The number of thiophene rings is 1. The lowest BCUT2D eigenvalue weighted by atomic mass is 10.1. The van der Waals surface area contributed by atoms with Gasteiger partial charge >= 0.3 is 5.97 Å². The van der Waals surface area contributed by atoms with Crippen molar-refractivity contribution in [3.05, 3.63) is 56.5 Å². The number of hydrogen-bond acceptors (Lipinski definition) is 7. The molecule has 0 aliphatic heterocycles. The Morgan fingerprint density at radius 3 is 2.60 bits per heavy atom. The lowest BCUT2D eigenvalue weighted by molar-refractivity contribution is 0.0702. The van der Waals surface area contributed by atoms with E-state index in [-0.39, 0.29) is 16.1 Å². The third-order valence-corrected chi connectivity index (χ3v) is 5.43. The second kappa shape index (κ2) is 7.49. The summed E-state index contributed by atoms with van der Waals surface area (Å²) < 4.78 is 5.08. The average Bonchev–Trinajstić information content (AvgIpc) is 3.10. The molecular formula is C16H13N3O4S2. The second-order valence-electron chi connectivity index (χ2n) is 4.90. The number of aromatic nitrogens is 3. The fourth-order valence-corrected chi connectivity index (χ4v) is 3.73. The largest absolute Gasteiger partial charge is 0.497 e. The highest BCUT2D eigenvalue weighted by Crippen LogP contribution is 2.24. The molecule has 0 saturated carbocycles. The zero-order valence-electron chi connectivity index (χ0n) is 13.1. The van der Waals surface area contributed by atoms with Crippen LogP contribution in [0.4, 0.5) is 0 Å². The molecule has 0 spiro atoms. The van der Waals surface area contributed by atoms with E-state index < -0.39 is 5.97 Å². The number of rotatable bonds is 6. The minimum absolute atomic E-state index is 0.233. The van der Waals surface area contributed by atoms with Gasteiger partial charge in [-0.15, -0.1) is 21.5 Å². The molecule has 0 aliphatic rings. The molecule has 0 saturated heterocycles. The molecule has 0 aliphatic carbocycles. The lowest BCUT2D eigenvalue weighted by Crippen LogP contribution is -2.14. The third kappa shape index (κ3) is 4.06. The Kier molecular flexibility index (Phi) is 5.15. The summed E-state index contributed by atoms with van der Waals surface area (Å²) in [5.74, 6) is 0.250. The van der Waals surface area contributed by atoms with Gasteiger partial charge in [-0.05, 0) is 36.4 Å².